The second-order valence-corrected chi connectivity index (χ2v) is 11.6. The summed E-state index contributed by atoms with van der Waals surface area (Å²) in [5.41, 5.74) is 2.95. The molecule has 0 saturated carbocycles. The molecule has 3 heterocycles. The number of pyridine rings is 1. The molecule has 0 saturated heterocycles. The van der Waals surface area contributed by atoms with Crippen molar-refractivity contribution in [3.05, 3.63) is 114 Å². The summed E-state index contributed by atoms with van der Waals surface area (Å²) in [6, 6.07) is 20.7. The number of hydrogen-bond acceptors (Lipinski definition) is 10. The van der Waals surface area contributed by atoms with E-state index in [9.17, 15) is 24.0 Å². The lowest BCUT2D eigenvalue weighted by atomic mass is 10.1. The average molecular weight is 701 g/mol. The third-order valence-corrected chi connectivity index (χ3v) is 7.36. The summed E-state index contributed by atoms with van der Waals surface area (Å²) in [7, 11) is 4.57. The van der Waals surface area contributed by atoms with E-state index in [1.54, 1.807) is 67.9 Å². The number of methoxy groups -OCH3 is 3. The van der Waals surface area contributed by atoms with Crippen LogP contribution in [0.25, 0.3) is 0 Å². The Morgan fingerprint density at radius 3 is 1.73 bits per heavy atom. The zero-order chi connectivity index (χ0) is 37.9. The van der Waals surface area contributed by atoms with Crippen LogP contribution in [-0.2, 0) is 35.2 Å². The first-order chi connectivity index (χ1) is 24.4. The number of aromatic nitrogens is 1. The molecule has 0 spiro atoms. The van der Waals surface area contributed by atoms with Crippen LogP contribution in [0.2, 0.25) is 0 Å². The van der Waals surface area contributed by atoms with Crippen molar-refractivity contribution in [1.29, 1.82) is 0 Å². The molecule has 272 valence electrons. The zero-order valence-electron chi connectivity index (χ0n) is 30.6. The van der Waals surface area contributed by atoms with E-state index in [0.29, 0.717) is 54.1 Å². The van der Waals surface area contributed by atoms with Gasteiger partial charge in [0.15, 0.2) is 6.29 Å². The van der Waals surface area contributed by atoms with Gasteiger partial charge in [-0.1, -0.05) is 43.3 Å². The van der Waals surface area contributed by atoms with Crippen LogP contribution in [0.3, 0.4) is 0 Å². The number of rotatable bonds is 11. The molecule has 12 heteroatoms. The van der Waals surface area contributed by atoms with Crippen molar-refractivity contribution in [2.24, 2.45) is 0 Å². The first-order valence-corrected chi connectivity index (χ1v) is 16.4. The number of fused-ring (bicyclic) bond motifs is 1. The number of carbonyl (C=O) groups is 5. The highest BCUT2D eigenvalue weighted by Gasteiger charge is 2.38. The van der Waals surface area contributed by atoms with Crippen molar-refractivity contribution >= 4 is 41.3 Å². The number of carbonyl (C=O) groups excluding carboxylic acids is 5. The summed E-state index contributed by atoms with van der Waals surface area (Å²) in [5, 5.41) is 0. The van der Waals surface area contributed by atoms with Gasteiger partial charge in [0.05, 0.1) is 49.1 Å². The predicted molar refractivity (Wildman–Crippen MR) is 196 cm³/mol. The molecule has 0 radical (unpaired) electrons. The van der Waals surface area contributed by atoms with Crippen LogP contribution < -0.4 is 9.80 Å². The summed E-state index contributed by atoms with van der Waals surface area (Å²) in [4.78, 5) is 66.0. The second kappa shape index (κ2) is 21.7. The normalized spacial score (nSPS) is 13.4. The van der Waals surface area contributed by atoms with Crippen molar-refractivity contribution in [2.75, 3.05) is 44.3 Å². The van der Waals surface area contributed by atoms with Gasteiger partial charge in [-0.2, -0.15) is 0 Å². The van der Waals surface area contributed by atoms with Gasteiger partial charge in [0, 0.05) is 44.7 Å². The Bertz CT molecular complexity index is 1630. The maximum Gasteiger partial charge on any atom is 0.284 e. The van der Waals surface area contributed by atoms with Crippen LogP contribution in [0, 0.1) is 0 Å². The fourth-order valence-electron chi connectivity index (χ4n) is 5.19. The van der Waals surface area contributed by atoms with Gasteiger partial charge in [-0.25, -0.2) is 14.8 Å². The minimum absolute atomic E-state index is 0.193. The summed E-state index contributed by atoms with van der Waals surface area (Å²) in [6.07, 6.45) is 6.16. The monoisotopic (exact) mass is 700 g/mol. The van der Waals surface area contributed by atoms with E-state index in [-0.39, 0.29) is 29.3 Å². The maximum atomic E-state index is 12.4. The SMILES string of the molecule is CCN(C(C)C)C(C)C.CO/C=C(/C=O)COC.COCc1cnc2c(c1)C(=O)N(c1ccccc1)C2=O.O=C1C=CC(=O)N1c1ccccc1. The summed E-state index contributed by atoms with van der Waals surface area (Å²) < 4.78 is 14.3. The van der Waals surface area contributed by atoms with Gasteiger partial charge >= 0.3 is 0 Å². The highest BCUT2D eigenvalue weighted by Crippen LogP contribution is 2.27. The number of amides is 4. The van der Waals surface area contributed by atoms with Crippen molar-refractivity contribution in [1.82, 2.24) is 9.88 Å². The molecule has 2 aliphatic heterocycles. The van der Waals surface area contributed by atoms with Gasteiger partial charge in [-0.15, -0.1) is 0 Å². The van der Waals surface area contributed by atoms with Crippen LogP contribution in [0.4, 0.5) is 11.4 Å². The molecule has 0 atom stereocenters. The summed E-state index contributed by atoms with van der Waals surface area (Å²) in [5.74, 6) is -1.30. The predicted octanol–water partition coefficient (Wildman–Crippen LogP) is 5.63. The molecule has 1 aromatic heterocycles. The first kappa shape index (κ1) is 41.9. The molecule has 4 amide bonds. The Morgan fingerprint density at radius 2 is 1.31 bits per heavy atom. The molecule has 51 heavy (non-hydrogen) atoms. The lowest BCUT2D eigenvalue weighted by Crippen LogP contribution is -2.36. The van der Waals surface area contributed by atoms with Crippen LogP contribution in [0.15, 0.2) is 96.9 Å². The minimum atomic E-state index is -0.389. The largest absolute Gasteiger partial charge is 0.504 e. The molecular weight excluding hydrogens is 652 g/mol. The van der Waals surface area contributed by atoms with Crippen molar-refractivity contribution in [2.45, 2.75) is 53.3 Å². The highest BCUT2D eigenvalue weighted by atomic mass is 16.5. The van der Waals surface area contributed by atoms with Crippen molar-refractivity contribution in [3.8, 4) is 0 Å². The number of anilines is 2. The minimum Gasteiger partial charge on any atom is -0.504 e. The quantitative estimate of drug-likeness (QED) is 0.107. The number of benzene rings is 2. The Hall–Kier alpha value is -5.30. The number of aldehydes is 1. The molecule has 5 rings (SSSR count). The molecule has 12 nitrogen and oxygen atoms in total. The average Bonchev–Trinajstić information content (AvgIpc) is 3.59. The summed E-state index contributed by atoms with van der Waals surface area (Å²) in [6.45, 7) is 13.0. The van der Waals surface area contributed by atoms with Crippen LogP contribution in [0.1, 0.15) is 61.0 Å². The van der Waals surface area contributed by atoms with Gasteiger partial charge in [-0.05, 0) is 70.1 Å². The summed E-state index contributed by atoms with van der Waals surface area (Å²) >= 11 is 0. The van der Waals surface area contributed by atoms with Crippen molar-refractivity contribution < 1.29 is 38.2 Å². The zero-order valence-corrected chi connectivity index (χ0v) is 30.6. The molecule has 0 bridgehead atoms. The molecular formula is C39H48N4O8. The molecule has 2 aromatic carbocycles. The Morgan fingerprint density at radius 1 is 0.784 bits per heavy atom. The third kappa shape index (κ3) is 12.2. The fraction of sp³-hybridized carbons (Fsp3) is 0.333. The van der Waals surface area contributed by atoms with Crippen LogP contribution >= 0.6 is 0 Å². The Labute approximate surface area is 300 Å². The molecule has 0 aliphatic carbocycles. The highest BCUT2D eigenvalue weighted by molar-refractivity contribution is 6.33. The first-order valence-electron chi connectivity index (χ1n) is 16.4. The van der Waals surface area contributed by atoms with Crippen molar-refractivity contribution in [3.63, 3.8) is 0 Å². The van der Waals surface area contributed by atoms with Gasteiger partial charge in [0.1, 0.15) is 5.69 Å². The number of ether oxygens (including phenoxy) is 3. The van der Waals surface area contributed by atoms with Crippen LogP contribution in [0.5, 0.6) is 0 Å². The van der Waals surface area contributed by atoms with E-state index in [1.165, 1.54) is 32.6 Å². The number of para-hydroxylation sites is 2. The topological polar surface area (TPSA) is 136 Å². The molecule has 3 aromatic rings. The third-order valence-electron chi connectivity index (χ3n) is 7.36. The van der Waals surface area contributed by atoms with E-state index >= 15 is 0 Å². The van der Waals surface area contributed by atoms with E-state index in [4.69, 9.17) is 4.74 Å². The second-order valence-electron chi connectivity index (χ2n) is 11.6. The number of nitrogens with zero attached hydrogens (tertiary/aromatic N) is 4. The number of hydrogen-bond donors (Lipinski definition) is 0. The lowest BCUT2D eigenvalue weighted by molar-refractivity contribution is -0.120. The van der Waals surface area contributed by atoms with Gasteiger partial charge in [0.2, 0.25) is 0 Å². The van der Waals surface area contributed by atoms with Gasteiger partial charge in [-0.3, -0.25) is 28.9 Å². The molecule has 2 aliphatic rings. The van der Waals surface area contributed by atoms with Crippen LogP contribution in [-0.4, -0.2) is 86.4 Å². The Balaban J connectivity index is 0.000000253. The fourth-order valence-corrected chi connectivity index (χ4v) is 5.19. The smallest absolute Gasteiger partial charge is 0.284 e. The van der Waals surface area contributed by atoms with Gasteiger partial charge < -0.3 is 14.2 Å². The standard InChI is InChI=1S/C15H12N2O3.C10H7NO2.C8H19N.C6H10O3/c1-20-9-10-7-12-13(16-8-10)15(19)17(14(12)18)11-5-3-2-4-6-11;12-9-6-7-10(13)11(9)8-4-2-1-3-5-8;1-6-9(7(2)3)8(4)5;1-8-4-6(3-7)5-9-2/h2-8H,9H2,1H3;1-7H;7-8H,6H2,1-5H3;3-4H,5H2,1-2H3/b;;;6-4-. The number of imide groups is 2. The maximum absolute atomic E-state index is 12.4. The van der Waals surface area contributed by atoms with E-state index in [0.717, 1.165) is 21.9 Å². The lowest BCUT2D eigenvalue weighted by Gasteiger charge is -2.28. The molecule has 0 unspecified atom stereocenters. The molecule has 0 fully saturated rings. The Kier molecular flexibility index (Phi) is 17.8. The van der Waals surface area contributed by atoms with Gasteiger partial charge in [0.25, 0.3) is 23.6 Å². The van der Waals surface area contributed by atoms with E-state index < -0.39 is 0 Å². The van der Waals surface area contributed by atoms with E-state index in [2.05, 4.69) is 54.0 Å². The molecule has 0 N–H and O–H groups in total. The van der Waals surface area contributed by atoms with E-state index in [1.807, 2.05) is 12.1 Å².